The van der Waals surface area contributed by atoms with Gasteiger partial charge in [-0.15, -0.1) is 6.58 Å². The Bertz CT molecular complexity index is 131. The molecule has 0 radical (unpaired) electrons. The van der Waals surface area contributed by atoms with Crippen LogP contribution >= 0.6 is 0 Å². The van der Waals surface area contributed by atoms with Gasteiger partial charge in [0.1, 0.15) is 0 Å². The van der Waals surface area contributed by atoms with Crippen LogP contribution in [0.2, 0.25) is 0 Å². The minimum atomic E-state index is 0.738. The molecule has 1 fully saturated rings. The second-order valence-electron chi connectivity index (χ2n) is 3.64. The van der Waals surface area contributed by atoms with Gasteiger partial charge >= 0.3 is 0 Å². The Hall–Kier alpha value is -0.300. The Balaban J connectivity index is 2.36. The zero-order valence-electron chi connectivity index (χ0n) is 7.71. The summed E-state index contributed by atoms with van der Waals surface area (Å²) in [6.07, 6.45) is 3.39. The van der Waals surface area contributed by atoms with E-state index in [4.69, 9.17) is 0 Å². The van der Waals surface area contributed by atoms with Crippen molar-refractivity contribution in [3.8, 4) is 0 Å². The first-order valence-electron chi connectivity index (χ1n) is 4.62. The minimum absolute atomic E-state index is 0.738. The lowest BCUT2D eigenvalue weighted by molar-refractivity contribution is 0.326. The predicted molar refractivity (Wildman–Crippen MR) is 49.6 cm³/mol. The van der Waals surface area contributed by atoms with Crippen molar-refractivity contribution in [2.75, 3.05) is 19.6 Å². The normalized spacial score (nSPS) is 32.5. The topological polar surface area (TPSA) is 3.24 Å². The third-order valence-corrected chi connectivity index (χ3v) is 2.59. The van der Waals surface area contributed by atoms with Crippen molar-refractivity contribution in [2.45, 2.75) is 20.3 Å². The average molecular weight is 153 g/mol. The van der Waals surface area contributed by atoms with Crippen molar-refractivity contribution in [1.29, 1.82) is 0 Å². The molecule has 0 aromatic carbocycles. The van der Waals surface area contributed by atoms with E-state index in [-0.39, 0.29) is 0 Å². The summed E-state index contributed by atoms with van der Waals surface area (Å²) in [6, 6.07) is 0. The molecule has 0 aliphatic carbocycles. The van der Waals surface area contributed by atoms with Gasteiger partial charge in [0.05, 0.1) is 0 Å². The Morgan fingerprint density at radius 1 is 1.55 bits per heavy atom. The second-order valence-corrected chi connectivity index (χ2v) is 3.64. The van der Waals surface area contributed by atoms with Crippen molar-refractivity contribution in [3.05, 3.63) is 12.7 Å². The first-order valence-corrected chi connectivity index (χ1v) is 4.62. The van der Waals surface area contributed by atoms with Crippen LogP contribution in [0.1, 0.15) is 20.3 Å². The molecule has 0 amide bonds. The highest BCUT2D eigenvalue weighted by atomic mass is 15.1. The van der Waals surface area contributed by atoms with Crippen LogP contribution in [0.4, 0.5) is 0 Å². The summed E-state index contributed by atoms with van der Waals surface area (Å²) in [5.74, 6) is 1.56. The molecule has 64 valence electrons. The summed E-state index contributed by atoms with van der Waals surface area (Å²) in [4.78, 5) is 2.54. The summed E-state index contributed by atoms with van der Waals surface area (Å²) in [5.41, 5.74) is 0. The number of hydrogen-bond donors (Lipinski definition) is 0. The molecule has 2 atom stereocenters. The molecule has 2 unspecified atom stereocenters. The molecule has 0 N–H and O–H groups in total. The molecule has 1 rings (SSSR count). The van der Waals surface area contributed by atoms with Gasteiger partial charge in [-0.25, -0.2) is 0 Å². The van der Waals surface area contributed by atoms with Gasteiger partial charge < -0.3 is 4.90 Å². The second kappa shape index (κ2) is 3.91. The molecule has 11 heavy (non-hydrogen) atoms. The molecule has 0 spiro atoms. The fourth-order valence-corrected chi connectivity index (χ4v) is 1.90. The largest absolute Gasteiger partial charge is 0.302 e. The van der Waals surface area contributed by atoms with Gasteiger partial charge in [0.25, 0.3) is 0 Å². The van der Waals surface area contributed by atoms with Crippen LogP contribution in [-0.4, -0.2) is 24.5 Å². The molecule has 1 nitrogen and oxygen atoms in total. The molecule has 0 saturated carbocycles. The van der Waals surface area contributed by atoms with Crippen LogP contribution in [0.25, 0.3) is 0 Å². The molecular formula is C10H19N. The van der Waals surface area contributed by atoms with Crippen LogP contribution < -0.4 is 0 Å². The molecule has 0 bridgehead atoms. The lowest BCUT2D eigenvalue weighted by atomic mass is 9.99. The first-order chi connectivity index (χ1) is 5.27. The fraction of sp³-hybridized carbons (Fsp3) is 0.800. The maximum atomic E-state index is 3.86. The molecule has 1 saturated heterocycles. The summed E-state index contributed by atoms with van der Waals surface area (Å²) in [7, 11) is 0. The van der Waals surface area contributed by atoms with Crippen molar-refractivity contribution in [1.82, 2.24) is 4.90 Å². The van der Waals surface area contributed by atoms with E-state index in [9.17, 15) is 0 Å². The zero-order valence-corrected chi connectivity index (χ0v) is 7.71. The van der Waals surface area contributed by atoms with Crippen LogP contribution in [0.15, 0.2) is 12.7 Å². The average Bonchev–Trinajstić information content (AvgIpc) is 2.32. The molecule has 0 aromatic heterocycles. The quantitative estimate of drug-likeness (QED) is 0.562. The molecule has 1 heterocycles. The van der Waals surface area contributed by atoms with E-state index in [1.165, 1.54) is 26.1 Å². The van der Waals surface area contributed by atoms with Gasteiger partial charge in [-0.3, -0.25) is 0 Å². The van der Waals surface area contributed by atoms with Crippen LogP contribution in [0, 0.1) is 11.8 Å². The fourth-order valence-electron chi connectivity index (χ4n) is 1.90. The van der Waals surface area contributed by atoms with Crippen molar-refractivity contribution in [3.63, 3.8) is 0 Å². The van der Waals surface area contributed by atoms with E-state index in [0.717, 1.165) is 11.8 Å². The van der Waals surface area contributed by atoms with E-state index in [1.807, 2.05) is 0 Å². The Morgan fingerprint density at radius 3 is 2.73 bits per heavy atom. The standard InChI is InChI=1S/C10H19N/c1-4-6-11-7-9(3)10(5-2)8-11/h5,9-10H,2,4,6-8H2,1,3H3. The van der Waals surface area contributed by atoms with Crippen LogP contribution in [0.3, 0.4) is 0 Å². The van der Waals surface area contributed by atoms with Crippen molar-refractivity contribution < 1.29 is 0 Å². The summed E-state index contributed by atoms with van der Waals surface area (Å²) >= 11 is 0. The molecule has 1 aliphatic rings. The number of nitrogens with zero attached hydrogens (tertiary/aromatic N) is 1. The lowest BCUT2D eigenvalue weighted by Crippen LogP contribution is -2.21. The maximum absolute atomic E-state index is 3.86. The number of hydrogen-bond acceptors (Lipinski definition) is 1. The Kier molecular flexibility index (Phi) is 3.13. The lowest BCUT2D eigenvalue weighted by Gasteiger charge is -2.12. The van der Waals surface area contributed by atoms with E-state index in [0.29, 0.717) is 0 Å². The monoisotopic (exact) mass is 153 g/mol. The molecule has 1 heteroatoms. The third-order valence-electron chi connectivity index (χ3n) is 2.59. The van der Waals surface area contributed by atoms with Gasteiger partial charge in [-0.1, -0.05) is 19.9 Å². The summed E-state index contributed by atoms with van der Waals surface area (Å²) in [6.45, 7) is 12.2. The first kappa shape index (κ1) is 8.79. The third kappa shape index (κ3) is 2.06. The van der Waals surface area contributed by atoms with E-state index >= 15 is 0 Å². The Labute approximate surface area is 70.1 Å². The van der Waals surface area contributed by atoms with E-state index in [1.54, 1.807) is 0 Å². The highest BCUT2D eigenvalue weighted by Crippen LogP contribution is 2.23. The van der Waals surface area contributed by atoms with Gasteiger partial charge in [0, 0.05) is 13.1 Å². The SMILES string of the molecule is C=CC1CN(CCC)CC1C. The highest BCUT2D eigenvalue weighted by molar-refractivity contribution is 4.91. The smallest absolute Gasteiger partial charge is 0.00474 e. The maximum Gasteiger partial charge on any atom is 0.00474 e. The van der Waals surface area contributed by atoms with Crippen LogP contribution in [0.5, 0.6) is 0 Å². The number of likely N-dealkylation sites (tertiary alicyclic amines) is 1. The predicted octanol–water partition coefficient (Wildman–Crippen LogP) is 2.15. The van der Waals surface area contributed by atoms with Gasteiger partial charge in [0.15, 0.2) is 0 Å². The minimum Gasteiger partial charge on any atom is -0.302 e. The molecular weight excluding hydrogens is 134 g/mol. The van der Waals surface area contributed by atoms with E-state index in [2.05, 4.69) is 31.4 Å². The number of rotatable bonds is 3. The molecule has 1 aliphatic heterocycles. The highest BCUT2D eigenvalue weighted by Gasteiger charge is 2.25. The van der Waals surface area contributed by atoms with E-state index < -0.39 is 0 Å². The Morgan fingerprint density at radius 2 is 2.27 bits per heavy atom. The van der Waals surface area contributed by atoms with Gasteiger partial charge in [0.2, 0.25) is 0 Å². The van der Waals surface area contributed by atoms with Crippen LogP contribution in [-0.2, 0) is 0 Å². The van der Waals surface area contributed by atoms with Crippen molar-refractivity contribution >= 4 is 0 Å². The van der Waals surface area contributed by atoms with Gasteiger partial charge in [-0.2, -0.15) is 0 Å². The van der Waals surface area contributed by atoms with Crippen molar-refractivity contribution in [2.24, 2.45) is 11.8 Å². The summed E-state index contributed by atoms with van der Waals surface area (Å²) in [5, 5.41) is 0. The summed E-state index contributed by atoms with van der Waals surface area (Å²) < 4.78 is 0. The zero-order chi connectivity index (χ0) is 8.27. The van der Waals surface area contributed by atoms with Gasteiger partial charge in [-0.05, 0) is 24.8 Å². The molecule has 0 aromatic rings.